The highest BCUT2D eigenvalue weighted by Crippen LogP contribution is 2.25. The molecule has 4 heteroatoms. The molecule has 0 saturated heterocycles. The van der Waals surface area contributed by atoms with Crippen LogP contribution < -0.4 is 4.90 Å². The van der Waals surface area contributed by atoms with Crippen molar-refractivity contribution in [2.75, 3.05) is 11.9 Å². The molecule has 2 nitrogen and oxygen atoms in total. The lowest BCUT2D eigenvalue weighted by atomic mass is 10.1. The van der Waals surface area contributed by atoms with Gasteiger partial charge in [0.2, 0.25) is 0 Å². The van der Waals surface area contributed by atoms with E-state index in [-0.39, 0.29) is 5.78 Å². The molecule has 0 amide bonds. The van der Waals surface area contributed by atoms with Gasteiger partial charge in [0.1, 0.15) is 0 Å². The van der Waals surface area contributed by atoms with Gasteiger partial charge in [-0.25, -0.2) is 0 Å². The maximum Gasteiger partial charge on any atom is 0.160 e. The van der Waals surface area contributed by atoms with Crippen LogP contribution in [0, 0.1) is 0 Å². The monoisotopic (exact) mass is 395 g/mol. The second-order valence-corrected chi connectivity index (χ2v) is 6.48. The third kappa shape index (κ3) is 3.70. The lowest BCUT2D eigenvalue weighted by Crippen LogP contribution is -2.16. The van der Waals surface area contributed by atoms with Crippen molar-refractivity contribution < 1.29 is 4.79 Å². The Labute approximate surface area is 136 Å². The molecule has 2 aromatic carbocycles. The van der Waals surface area contributed by atoms with Gasteiger partial charge in [-0.05, 0) is 58.7 Å². The fraction of sp³-hybridized carbons (Fsp3) is 0.188. The Morgan fingerprint density at radius 1 is 1.15 bits per heavy atom. The minimum absolute atomic E-state index is 0.0677. The van der Waals surface area contributed by atoms with Gasteiger partial charge in [0.25, 0.3) is 0 Å². The van der Waals surface area contributed by atoms with E-state index in [1.807, 2.05) is 37.4 Å². The Morgan fingerprint density at radius 2 is 1.90 bits per heavy atom. The van der Waals surface area contributed by atoms with E-state index in [1.54, 1.807) is 6.92 Å². The molecule has 0 radical (unpaired) electrons. The quantitative estimate of drug-likeness (QED) is 0.674. The lowest BCUT2D eigenvalue weighted by Gasteiger charge is -2.20. The zero-order chi connectivity index (χ0) is 14.7. The van der Waals surface area contributed by atoms with Gasteiger partial charge in [-0.2, -0.15) is 0 Å². The average molecular weight is 397 g/mol. The van der Waals surface area contributed by atoms with Gasteiger partial charge < -0.3 is 4.90 Å². The van der Waals surface area contributed by atoms with E-state index < -0.39 is 0 Å². The number of Topliss-reactive ketones (excluding diaryl/α,β-unsaturated/α-hetero) is 1. The number of carbonyl (C=O) groups is 1. The Kier molecular flexibility index (Phi) is 5.00. The van der Waals surface area contributed by atoms with E-state index in [9.17, 15) is 4.79 Å². The van der Waals surface area contributed by atoms with Crippen molar-refractivity contribution in [3.05, 3.63) is 62.5 Å². The summed E-state index contributed by atoms with van der Waals surface area (Å²) in [7, 11) is 2.04. The number of halogens is 2. The highest BCUT2D eigenvalue weighted by molar-refractivity contribution is 9.10. The summed E-state index contributed by atoms with van der Waals surface area (Å²) in [5.41, 5.74) is 3.01. The van der Waals surface area contributed by atoms with Crippen molar-refractivity contribution in [1.29, 1.82) is 0 Å². The summed E-state index contributed by atoms with van der Waals surface area (Å²) in [5, 5.41) is 0. The minimum Gasteiger partial charge on any atom is -0.370 e. The van der Waals surface area contributed by atoms with Crippen molar-refractivity contribution in [1.82, 2.24) is 0 Å². The van der Waals surface area contributed by atoms with E-state index in [0.29, 0.717) is 5.56 Å². The van der Waals surface area contributed by atoms with Gasteiger partial charge in [-0.3, -0.25) is 4.79 Å². The van der Waals surface area contributed by atoms with Crippen LogP contribution in [-0.4, -0.2) is 12.8 Å². The molecule has 2 aromatic rings. The summed E-state index contributed by atoms with van der Waals surface area (Å²) in [6, 6.07) is 14.1. The minimum atomic E-state index is 0.0677. The molecule has 104 valence electrons. The summed E-state index contributed by atoms with van der Waals surface area (Å²) in [5.74, 6) is 0.0677. The molecule has 0 aliphatic carbocycles. The average Bonchev–Trinajstić information content (AvgIpc) is 2.38. The van der Waals surface area contributed by atoms with Crippen LogP contribution in [0.5, 0.6) is 0 Å². The van der Waals surface area contributed by atoms with Crippen LogP contribution in [0.25, 0.3) is 0 Å². The standard InChI is InChI=1S/C16H15Br2NO/c1-11(20)15-7-6-14(9-16(15)18)19(2)10-12-4-3-5-13(17)8-12/h3-9H,10H2,1-2H3. The van der Waals surface area contributed by atoms with Gasteiger partial charge in [-0.1, -0.05) is 28.1 Å². The SMILES string of the molecule is CC(=O)c1ccc(N(C)Cc2cccc(Br)c2)cc1Br. The number of ketones is 1. The largest absolute Gasteiger partial charge is 0.370 e. The van der Waals surface area contributed by atoms with Gasteiger partial charge in [0.05, 0.1) is 0 Å². The smallest absolute Gasteiger partial charge is 0.160 e. The Bertz CT molecular complexity index is 640. The van der Waals surface area contributed by atoms with Gasteiger partial charge in [0.15, 0.2) is 5.78 Å². The summed E-state index contributed by atoms with van der Waals surface area (Å²) in [6.07, 6.45) is 0. The Balaban J connectivity index is 2.19. The first kappa shape index (κ1) is 15.3. The Hall–Kier alpha value is -1.13. The van der Waals surface area contributed by atoms with Crippen molar-refractivity contribution in [3.8, 4) is 0 Å². The first-order valence-corrected chi connectivity index (χ1v) is 7.82. The van der Waals surface area contributed by atoms with E-state index in [4.69, 9.17) is 0 Å². The molecule has 20 heavy (non-hydrogen) atoms. The van der Waals surface area contributed by atoms with Crippen molar-refractivity contribution in [2.45, 2.75) is 13.5 Å². The lowest BCUT2D eigenvalue weighted by molar-refractivity contribution is 0.101. The van der Waals surface area contributed by atoms with E-state index in [2.05, 4.69) is 48.9 Å². The zero-order valence-electron chi connectivity index (χ0n) is 11.4. The molecule has 0 heterocycles. The van der Waals surface area contributed by atoms with Crippen molar-refractivity contribution >= 4 is 43.3 Å². The third-order valence-corrected chi connectivity index (χ3v) is 4.23. The fourth-order valence-electron chi connectivity index (χ4n) is 2.03. The van der Waals surface area contributed by atoms with Crippen molar-refractivity contribution in [2.24, 2.45) is 0 Å². The first-order valence-electron chi connectivity index (χ1n) is 6.23. The summed E-state index contributed by atoms with van der Waals surface area (Å²) >= 11 is 6.94. The van der Waals surface area contributed by atoms with Gasteiger partial charge in [0, 0.05) is 33.8 Å². The van der Waals surface area contributed by atoms with E-state index >= 15 is 0 Å². The molecule has 2 rings (SSSR count). The molecule has 0 N–H and O–H groups in total. The van der Waals surface area contributed by atoms with Gasteiger partial charge in [-0.15, -0.1) is 0 Å². The van der Waals surface area contributed by atoms with Crippen LogP contribution in [-0.2, 0) is 6.54 Å². The Morgan fingerprint density at radius 3 is 2.50 bits per heavy atom. The van der Waals surface area contributed by atoms with Crippen LogP contribution in [0.15, 0.2) is 51.4 Å². The number of benzene rings is 2. The number of hydrogen-bond donors (Lipinski definition) is 0. The molecule has 0 aromatic heterocycles. The van der Waals surface area contributed by atoms with Gasteiger partial charge >= 0.3 is 0 Å². The predicted molar refractivity (Wildman–Crippen MR) is 90.4 cm³/mol. The molecular formula is C16H15Br2NO. The van der Waals surface area contributed by atoms with Crippen LogP contribution in [0.1, 0.15) is 22.8 Å². The molecule has 0 fully saturated rings. The second-order valence-electron chi connectivity index (χ2n) is 4.71. The molecule has 0 spiro atoms. The highest BCUT2D eigenvalue weighted by atomic mass is 79.9. The normalized spacial score (nSPS) is 10.4. The molecule has 0 unspecified atom stereocenters. The summed E-state index contributed by atoms with van der Waals surface area (Å²) in [4.78, 5) is 13.6. The van der Waals surface area contributed by atoms with Crippen LogP contribution in [0.4, 0.5) is 5.69 Å². The third-order valence-electron chi connectivity index (χ3n) is 3.08. The predicted octanol–water partition coefficient (Wildman–Crippen LogP) is 5.05. The van der Waals surface area contributed by atoms with E-state index in [0.717, 1.165) is 21.2 Å². The maximum atomic E-state index is 11.4. The summed E-state index contributed by atoms with van der Waals surface area (Å²) in [6.45, 7) is 2.39. The van der Waals surface area contributed by atoms with Crippen LogP contribution >= 0.6 is 31.9 Å². The molecular weight excluding hydrogens is 382 g/mol. The number of nitrogens with zero attached hydrogens (tertiary/aromatic N) is 1. The number of anilines is 1. The molecule has 0 bridgehead atoms. The van der Waals surface area contributed by atoms with E-state index in [1.165, 1.54) is 5.56 Å². The van der Waals surface area contributed by atoms with Crippen molar-refractivity contribution in [3.63, 3.8) is 0 Å². The molecule has 0 saturated carbocycles. The zero-order valence-corrected chi connectivity index (χ0v) is 14.5. The molecule has 0 aliphatic rings. The maximum absolute atomic E-state index is 11.4. The molecule has 0 aliphatic heterocycles. The number of hydrogen-bond acceptors (Lipinski definition) is 2. The van der Waals surface area contributed by atoms with Crippen LogP contribution in [0.3, 0.4) is 0 Å². The summed E-state index contributed by atoms with van der Waals surface area (Å²) < 4.78 is 1.92. The highest BCUT2D eigenvalue weighted by Gasteiger charge is 2.08. The topological polar surface area (TPSA) is 20.3 Å². The first-order chi connectivity index (χ1) is 9.47. The second kappa shape index (κ2) is 6.55. The number of carbonyl (C=O) groups excluding carboxylic acids is 1. The fourth-order valence-corrected chi connectivity index (χ4v) is 3.12. The number of rotatable bonds is 4. The molecule has 0 atom stereocenters. The van der Waals surface area contributed by atoms with Crippen LogP contribution in [0.2, 0.25) is 0 Å².